The smallest absolute Gasteiger partial charge is 0.252 e. The number of hydrogen-bond acceptors (Lipinski definition) is 2. The maximum absolute atomic E-state index is 12.4. The molecule has 1 aromatic carbocycles. The van der Waals surface area contributed by atoms with E-state index in [0.717, 1.165) is 36.0 Å². The summed E-state index contributed by atoms with van der Waals surface area (Å²) in [6, 6.07) is 3.82. The van der Waals surface area contributed by atoms with Gasteiger partial charge in [-0.05, 0) is 58.9 Å². The molecule has 110 valence electrons. The van der Waals surface area contributed by atoms with Crippen LogP contribution in [0.25, 0.3) is 0 Å². The number of nitrogens with one attached hydrogen (secondary N) is 2. The highest BCUT2D eigenvalue weighted by Gasteiger charge is 2.21. The van der Waals surface area contributed by atoms with Gasteiger partial charge in [0.15, 0.2) is 0 Å². The van der Waals surface area contributed by atoms with Crippen LogP contribution in [0.2, 0.25) is 5.02 Å². The highest BCUT2D eigenvalue weighted by atomic mass is 79.9. The first kappa shape index (κ1) is 15.8. The monoisotopic (exact) mass is 358 g/mol. The molecule has 1 unspecified atom stereocenters. The van der Waals surface area contributed by atoms with Gasteiger partial charge in [0.2, 0.25) is 0 Å². The van der Waals surface area contributed by atoms with Crippen LogP contribution in [0, 0.1) is 5.92 Å². The molecule has 0 spiro atoms. The number of amides is 1. The predicted octanol–water partition coefficient (Wildman–Crippen LogP) is 3.39. The molecular formula is C15H20BrClN2O. The zero-order valence-electron chi connectivity index (χ0n) is 11.8. The van der Waals surface area contributed by atoms with Crippen LogP contribution < -0.4 is 10.6 Å². The second kappa shape index (κ2) is 6.92. The quantitative estimate of drug-likeness (QED) is 0.865. The first-order valence-electron chi connectivity index (χ1n) is 6.97. The van der Waals surface area contributed by atoms with Crippen molar-refractivity contribution in [2.75, 3.05) is 13.1 Å². The van der Waals surface area contributed by atoms with Crippen LogP contribution in [0.5, 0.6) is 0 Å². The summed E-state index contributed by atoms with van der Waals surface area (Å²) in [7, 11) is 0. The lowest BCUT2D eigenvalue weighted by molar-refractivity contribution is 0.0939. The van der Waals surface area contributed by atoms with Crippen LogP contribution in [-0.4, -0.2) is 25.0 Å². The molecule has 0 aromatic heterocycles. The van der Waals surface area contributed by atoms with Crippen molar-refractivity contribution in [1.82, 2.24) is 10.6 Å². The van der Waals surface area contributed by atoms with E-state index in [1.54, 1.807) is 6.07 Å². The fourth-order valence-electron chi connectivity index (χ4n) is 2.41. The third-order valence-corrected chi connectivity index (χ3v) is 4.70. The normalized spacial score (nSPS) is 18.6. The average Bonchev–Trinajstić information content (AvgIpc) is 2.86. The fraction of sp³-hybridized carbons (Fsp3) is 0.533. The Kier molecular flexibility index (Phi) is 5.47. The van der Waals surface area contributed by atoms with E-state index in [2.05, 4.69) is 40.4 Å². The summed E-state index contributed by atoms with van der Waals surface area (Å²) in [6.45, 7) is 6.08. The third kappa shape index (κ3) is 3.74. The Morgan fingerprint density at radius 1 is 1.55 bits per heavy atom. The molecule has 5 heteroatoms. The van der Waals surface area contributed by atoms with E-state index < -0.39 is 0 Å². The van der Waals surface area contributed by atoms with E-state index in [0.29, 0.717) is 16.5 Å². The zero-order valence-corrected chi connectivity index (χ0v) is 14.1. The molecular weight excluding hydrogens is 340 g/mol. The van der Waals surface area contributed by atoms with Gasteiger partial charge in [0, 0.05) is 22.1 Å². The highest BCUT2D eigenvalue weighted by Crippen LogP contribution is 2.30. The van der Waals surface area contributed by atoms with Crippen molar-refractivity contribution >= 4 is 33.4 Å². The topological polar surface area (TPSA) is 41.1 Å². The predicted molar refractivity (Wildman–Crippen MR) is 86.4 cm³/mol. The van der Waals surface area contributed by atoms with Crippen molar-refractivity contribution in [2.45, 2.75) is 32.7 Å². The highest BCUT2D eigenvalue weighted by molar-refractivity contribution is 9.10. The van der Waals surface area contributed by atoms with Gasteiger partial charge in [-0.15, -0.1) is 0 Å². The number of benzene rings is 1. The van der Waals surface area contributed by atoms with E-state index in [-0.39, 0.29) is 11.9 Å². The molecule has 3 nitrogen and oxygen atoms in total. The maximum Gasteiger partial charge on any atom is 0.252 e. The van der Waals surface area contributed by atoms with Gasteiger partial charge in [-0.1, -0.05) is 25.4 Å². The second-order valence-electron chi connectivity index (χ2n) is 5.65. The van der Waals surface area contributed by atoms with Crippen LogP contribution in [0.15, 0.2) is 16.6 Å². The van der Waals surface area contributed by atoms with Crippen molar-refractivity contribution in [2.24, 2.45) is 5.92 Å². The van der Waals surface area contributed by atoms with E-state index in [4.69, 9.17) is 11.6 Å². The van der Waals surface area contributed by atoms with Crippen molar-refractivity contribution in [3.8, 4) is 0 Å². The third-order valence-electron chi connectivity index (χ3n) is 3.44. The molecule has 1 aliphatic heterocycles. The summed E-state index contributed by atoms with van der Waals surface area (Å²) in [5, 5.41) is 7.02. The number of carbonyl (C=O) groups is 1. The van der Waals surface area contributed by atoms with Gasteiger partial charge in [0.25, 0.3) is 5.91 Å². The van der Waals surface area contributed by atoms with Gasteiger partial charge in [-0.3, -0.25) is 4.79 Å². The average molecular weight is 360 g/mol. The summed E-state index contributed by atoms with van der Waals surface area (Å²) in [6.07, 6.45) is 1.83. The minimum Gasteiger partial charge on any atom is -0.348 e. The van der Waals surface area contributed by atoms with Crippen LogP contribution in [0.4, 0.5) is 0 Å². The largest absolute Gasteiger partial charge is 0.348 e. The van der Waals surface area contributed by atoms with Gasteiger partial charge >= 0.3 is 0 Å². The Bertz CT molecular complexity index is 499. The summed E-state index contributed by atoms with van der Waals surface area (Å²) in [4.78, 5) is 12.4. The molecule has 2 rings (SSSR count). The molecule has 2 N–H and O–H groups in total. The Hall–Kier alpha value is -0.580. The molecule has 1 amide bonds. The number of rotatable bonds is 4. The van der Waals surface area contributed by atoms with E-state index >= 15 is 0 Å². The van der Waals surface area contributed by atoms with E-state index in [1.807, 2.05) is 6.07 Å². The maximum atomic E-state index is 12.4. The van der Waals surface area contributed by atoms with Crippen LogP contribution in [0.3, 0.4) is 0 Å². The summed E-state index contributed by atoms with van der Waals surface area (Å²) < 4.78 is 0.821. The van der Waals surface area contributed by atoms with Crippen molar-refractivity contribution in [3.63, 3.8) is 0 Å². The Morgan fingerprint density at radius 3 is 2.90 bits per heavy atom. The Balaban J connectivity index is 2.20. The fourth-order valence-corrected chi connectivity index (χ4v) is 3.45. The molecule has 0 bridgehead atoms. The van der Waals surface area contributed by atoms with Gasteiger partial charge in [0.05, 0.1) is 5.56 Å². The lowest BCUT2D eigenvalue weighted by Crippen LogP contribution is -2.36. The SMILES string of the molecule is CC(C)Cc1c(Cl)ccc(C(=O)NC2CCNC2)c1Br. The van der Waals surface area contributed by atoms with E-state index in [9.17, 15) is 4.79 Å². The summed E-state index contributed by atoms with van der Waals surface area (Å²) in [5.74, 6) is 0.452. The summed E-state index contributed by atoms with van der Waals surface area (Å²) in [5.41, 5.74) is 1.68. The molecule has 1 heterocycles. The summed E-state index contributed by atoms with van der Waals surface area (Å²) >= 11 is 9.80. The van der Waals surface area contributed by atoms with Crippen molar-refractivity contribution < 1.29 is 4.79 Å². The molecule has 1 atom stereocenters. The molecule has 1 aromatic rings. The molecule has 1 saturated heterocycles. The molecule has 0 radical (unpaired) electrons. The van der Waals surface area contributed by atoms with Crippen LogP contribution in [-0.2, 0) is 6.42 Å². The second-order valence-corrected chi connectivity index (χ2v) is 6.85. The number of hydrogen-bond donors (Lipinski definition) is 2. The molecule has 0 aliphatic carbocycles. The van der Waals surface area contributed by atoms with Gasteiger partial charge < -0.3 is 10.6 Å². The number of halogens is 2. The molecule has 20 heavy (non-hydrogen) atoms. The molecule has 1 aliphatic rings. The first-order valence-corrected chi connectivity index (χ1v) is 8.14. The standard InChI is InChI=1S/C15H20BrClN2O/c1-9(2)7-12-13(17)4-3-11(14(12)16)15(20)19-10-5-6-18-8-10/h3-4,9-10,18H,5-8H2,1-2H3,(H,19,20). The van der Waals surface area contributed by atoms with Crippen molar-refractivity contribution in [1.29, 1.82) is 0 Å². The number of carbonyl (C=O) groups excluding carboxylic acids is 1. The minimum absolute atomic E-state index is 0.0350. The Labute approximate surface area is 133 Å². The molecule has 1 fully saturated rings. The minimum atomic E-state index is -0.0350. The lowest BCUT2D eigenvalue weighted by Gasteiger charge is -2.16. The lowest BCUT2D eigenvalue weighted by atomic mass is 10.0. The zero-order chi connectivity index (χ0) is 14.7. The van der Waals surface area contributed by atoms with E-state index in [1.165, 1.54) is 0 Å². The first-order chi connectivity index (χ1) is 9.49. The Morgan fingerprint density at radius 2 is 2.30 bits per heavy atom. The van der Waals surface area contributed by atoms with Gasteiger partial charge in [-0.2, -0.15) is 0 Å². The van der Waals surface area contributed by atoms with Crippen LogP contribution in [0.1, 0.15) is 36.2 Å². The van der Waals surface area contributed by atoms with Gasteiger partial charge in [0.1, 0.15) is 0 Å². The van der Waals surface area contributed by atoms with Gasteiger partial charge in [-0.25, -0.2) is 0 Å². The van der Waals surface area contributed by atoms with Crippen molar-refractivity contribution in [3.05, 3.63) is 32.8 Å². The molecule has 0 saturated carbocycles. The van der Waals surface area contributed by atoms with Crippen LogP contribution >= 0.6 is 27.5 Å².